The number of β-amino-alcohol motifs (C(OH)–C–C–N with tert-alkyl or cyclic N) is 1. The molecule has 2 aromatic carbocycles. The minimum Gasteiger partial charge on any atom is -0.508 e. The number of aliphatic hydroxyl groups is 1. The predicted molar refractivity (Wildman–Crippen MR) is 122 cm³/mol. The minimum atomic E-state index is -0.592. The highest BCUT2D eigenvalue weighted by atomic mass is 16.6. The monoisotopic (exact) mass is 467 g/mol. The lowest BCUT2D eigenvalue weighted by atomic mass is 10.0. The van der Waals surface area contributed by atoms with E-state index in [-0.39, 0.29) is 30.8 Å². The summed E-state index contributed by atoms with van der Waals surface area (Å²) < 4.78 is 5.35. The molecule has 0 aromatic heterocycles. The number of cyclic esters (lactones) is 1. The van der Waals surface area contributed by atoms with Crippen LogP contribution in [0.5, 0.6) is 5.75 Å². The lowest BCUT2D eigenvalue weighted by Gasteiger charge is -2.20. The summed E-state index contributed by atoms with van der Waals surface area (Å²) in [6, 6.07) is 12.7. The third kappa shape index (κ3) is 5.81. The van der Waals surface area contributed by atoms with Gasteiger partial charge in [0, 0.05) is 23.9 Å². The number of hydrogen-bond donors (Lipinski definition) is 6. The second kappa shape index (κ2) is 10.2. The van der Waals surface area contributed by atoms with E-state index in [1.54, 1.807) is 0 Å². The van der Waals surface area contributed by atoms with Crippen LogP contribution in [0.15, 0.2) is 53.5 Å². The summed E-state index contributed by atoms with van der Waals surface area (Å²) in [5.74, 6) is -1.20. The maximum Gasteiger partial charge on any atom is 0.308 e. The van der Waals surface area contributed by atoms with Crippen molar-refractivity contribution in [2.75, 3.05) is 25.0 Å². The number of ether oxygens (including phenoxy) is 1. The van der Waals surface area contributed by atoms with Crippen molar-refractivity contribution in [2.24, 2.45) is 4.99 Å². The van der Waals surface area contributed by atoms with Crippen LogP contribution >= 0.6 is 0 Å². The molecule has 2 heterocycles. The van der Waals surface area contributed by atoms with Crippen LogP contribution in [-0.4, -0.2) is 65.7 Å². The highest BCUT2D eigenvalue weighted by Gasteiger charge is 2.36. The Labute approximate surface area is 195 Å². The van der Waals surface area contributed by atoms with Gasteiger partial charge in [-0.1, -0.05) is 30.3 Å². The molecule has 2 aliphatic rings. The molecule has 2 aliphatic heterocycles. The molecule has 2 aromatic rings. The molecule has 178 valence electrons. The number of rotatable bonds is 6. The summed E-state index contributed by atoms with van der Waals surface area (Å²) in [4.78, 5) is 40.9. The number of nitrogens with one attached hydrogen (secondary N) is 4. The van der Waals surface area contributed by atoms with Gasteiger partial charge < -0.3 is 36.2 Å². The van der Waals surface area contributed by atoms with Crippen molar-refractivity contribution in [3.63, 3.8) is 0 Å². The zero-order chi connectivity index (χ0) is 24.1. The Kier molecular flexibility index (Phi) is 6.93. The summed E-state index contributed by atoms with van der Waals surface area (Å²) in [5.41, 5.74) is 1.31. The third-order valence-electron chi connectivity index (χ3n) is 5.30. The van der Waals surface area contributed by atoms with Crippen LogP contribution in [0.2, 0.25) is 0 Å². The summed E-state index contributed by atoms with van der Waals surface area (Å²) >= 11 is 0. The van der Waals surface area contributed by atoms with Crippen molar-refractivity contribution in [3.05, 3.63) is 59.7 Å². The second-order valence-corrected chi connectivity index (χ2v) is 8.00. The Morgan fingerprint density at radius 2 is 1.97 bits per heavy atom. The summed E-state index contributed by atoms with van der Waals surface area (Å²) in [5, 5.41) is 30.6. The van der Waals surface area contributed by atoms with E-state index in [2.05, 4.69) is 26.3 Å². The smallest absolute Gasteiger partial charge is 0.308 e. The Balaban J connectivity index is 1.34. The number of nitrogens with zero attached hydrogens (tertiary/aromatic N) is 1. The summed E-state index contributed by atoms with van der Waals surface area (Å²) in [6.07, 6.45) is -1.12. The van der Waals surface area contributed by atoms with Gasteiger partial charge in [0.05, 0.1) is 31.7 Å². The summed E-state index contributed by atoms with van der Waals surface area (Å²) in [6.45, 7) is 0.241. The first-order valence-corrected chi connectivity index (χ1v) is 10.8. The van der Waals surface area contributed by atoms with Gasteiger partial charge in [-0.2, -0.15) is 0 Å². The van der Waals surface area contributed by atoms with Gasteiger partial charge in [0.2, 0.25) is 5.91 Å². The number of amides is 2. The number of esters is 1. The van der Waals surface area contributed by atoms with Crippen LogP contribution in [-0.2, 0) is 14.3 Å². The van der Waals surface area contributed by atoms with Gasteiger partial charge in [-0.25, -0.2) is 0 Å². The topological polar surface area (TPSA) is 161 Å². The van der Waals surface area contributed by atoms with Gasteiger partial charge in [-0.05, 0) is 17.7 Å². The normalized spacial score (nSPS) is 21.6. The number of guanidine groups is 1. The first kappa shape index (κ1) is 23.1. The van der Waals surface area contributed by atoms with E-state index in [4.69, 9.17) is 4.74 Å². The van der Waals surface area contributed by atoms with Crippen LogP contribution in [0.4, 0.5) is 5.69 Å². The van der Waals surface area contributed by atoms with Crippen molar-refractivity contribution < 1.29 is 29.3 Å². The molecular weight excluding hydrogens is 442 g/mol. The van der Waals surface area contributed by atoms with E-state index >= 15 is 0 Å². The fourth-order valence-electron chi connectivity index (χ4n) is 3.72. The zero-order valence-electron chi connectivity index (χ0n) is 18.2. The maximum atomic E-state index is 12.6. The highest BCUT2D eigenvalue weighted by molar-refractivity contribution is 6.00. The van der Waals surface area contributed by atoms with E-state index in [0.717, 1.165) is 5.56 Å². The lowest BCUT2D eigenvalue weighted by Crippen LogP contribution is -2.43. The van der Waals surface area contributed by atoms with Crippen LogP contribution in [0.1, 0.15) is 28.4 Å². The van der Waals surface area contributed by atoms with Crippen LogP contribution in [0.3, 0.4) is 0 Å². The number of aromatic hydroxyl groups is 1. The van der Waals surface area contributed by atoms with Crippen molar-refractivity contribution in [1.82, 2.24) is 16.0 Å². The molecule has 1 fully saturated rings. The molecule has 0 radical (unpaired) electrons. The van der Waals surface area contributed by atoms with Gasteiger partial charge in [0.1, 0.15) is 11.9 Å². The molecule has 4 rings (SSSR count). The van der Waals surface area contributed by atoms with Gasteiger partial charge in [-0.3, -0.25) is 19.4 Å². The van der Waals surface area contributed by atoms with E-state index < -0.39 is 36.0 Å². The number of anilines is 1. The first-order chi connectivity index (χ1) is 16.4. The van der Waals surface area contributed by atoms with Crippen molar-refractivity contribution >= 4 is 29.4 Å². The molecule has 0 bridgehead atoms. The molecule has 3 unspecified atom stereocenters. The van der Waals surface area contributed by atoms with Gasteiger partial charge in [-0.15, -0.1) is 0 Å². The van der Waals surface area contributed by atoms with Crippen LogP contribution < -0.4 is 21.3 Å². The molecule has 2 amide bonds. The Morgan fingerprint density at radius 3 is 2.71 bits per heavy atom. The van der Waals surface area contributed by atoms with Crippen LogP contribution in [0, 0.1) is 0 Å². The van der Waals surface area contributed by atoms with E-state index in [0.29, 0.717) is 18.2 Å². The fourth-order valence-corrected chi connectivity index (χ4v) is 3.72. The first-order valence-electron chi connectivity index (χ1n) is 10.8. The maximum absolute atomic E-state index is 12.6. The molecule has 0 aliphatic carbocycles. The van der Waals surface area contributed by atoms with Gasteiger partial charge >= 0.3 is 5.97 Å². The number of benzene rings is 2. The molecule has 6 N–H and O–H groups in total. The standard InChI is InChI=1S/C23H25N5O6/c29-16-7-14(6-15(8-16)27-23-25-10-17(30)11-26-23)22(33)24-12-19(31)28-18-9-20(32)34-21(18)13-4-2-1-3-5-13/h1-8,17-18,21,29-30H,9-12H2,(H,24,33)(H,28,31)(H2,25,26,27). The van der Waals surface area contributed by atoms with Crippen LogP contribution in [0.25, 0.3) is 0 Å². The molecule has 1 saturated heterocycles. The number of hydrogen-bond acceptors (Lipinski definition) is 9. The number of aliphatic hydroxyl groups excluding tert-OH is 1. The number of phenols is 1. The Bertz CT molecular complexity index is 1110. The summed E-state index contributed by atoms with van der Waals surface area (Å²) in [7, 11) is 0. The fraction of sp³-hybridized carbons (Fsp3) is 0.304. The molecular formula is C23H25N5O6. The Morgan fingerprint density at radius 1 is 1.18 bits per heavy atom. The van der Waals surface area contributed by atoms with E-state index in [1.807, 2.05) is 30.3 Å². The SMILES string of the molecule is O=C(CNC(=O)c1cc(O)cc(NC2=NCC(O)CN2)c1)NC1CC(=O)OC1c1ccccc1. The number of phenolic OH excluding ortho intramolecular Hbond substituents is 1. The molecule has 11 heteroatoms. The molecule has 11 nitrogen and oxygen atoms in total. The molecule has 0 spiro atoms. The predicted octanol–water partition coefficient (Wildman–Crippen LogP) is 0.0270. The molecule has 0 saturated carbocycles. The lowest BCUT2D eigenvalue weighted by molar-refractivity contribution is -0.141. The zero-order valence-corrected chi connectivity index (χ0v) is 18.2. The minimum absolute atomic E-state index is 0.0375. The molecule has 34 heavy (non-hydrogen) atoms. The van der Waals surface area contributed by atoms with Crippen molar-refractivity contribution in [2.45, 2.75) is 24.7 Å². The quantitative estimate of drug-likeness (QED) is 0.324. The van der Waals surface area contributed by atoms with E-state index in [1.165, 1.54) is 18.2 Å². The second-order valence-electron chi connectivity index (χ2n) is 8.00. The van der Waals surface area contributed by atoms with Gasteiger partial charge in [0.15, 0.2) is 5.96 Å². The third-order valence-corrected chi connectivity index (χ3v) is 5.30. The average Bonchev–Trinajstić information content (AvgIpc) is 3.19. The van der Waals surface area contributed by atoms with Crippen molar-refractivity contribution in [1.29, 1.82) is 0 Å². The van der Waals surface area contributed by atoms with E-state index in [9.17, 15) is 24.6 Å². The van der Waals surface area contributed by atoms with Crippen molar-refractivity contribution in [3.8, 4) is 5.75 Å². The number of carbonyl (C=O) groups is 3. The number of aliphatic imine (C=N–C) groups is 1. The largest absolute Gasteiger partial charge is 0.508 e. The average molecular weight is 467 g/mol. The Hall–Kier alpha value is -4.12. The molecule has 3 atom stereocenters. The highest BCUT2D eigenvalue weighted by Crippen LogP contribution is 2.29. The van der Waals surface area contributed by atoms with Gasteiger partial charge in [0.25, 0.3) is 5.91 Å². The number of carbonyl (C=O) groups excluding carboxylic acids is 3.